The lowest BCUT2D eigenvalue weighted by atomic mass is 10.3. The van der Waals surface area contributed by atoms with Gasteiger partial charge < -0.3 is 0 Å². The second kappa shape index (κ2) is 24.1. The molecular formula is C16H36. The average Bonchev–Trinajstić information content (AvgIpc) is 3.20. The standard InChI is InChI=1S/C5H12.C4H6.C3H6.2C2H6/c1-3-5-4-2;1-4-2-3-4;1-2-3-1;2*1-2/h3-5H2,1-2H3;2H,3H2,1H3;1-3H2;2*1-2H3. The normalized spacial score (nSPS) is 12.8. The van der Waals surface area contributed by atoms with Crippen LogP contribution in [0, 0.1) is 0 Å². The number of hydrogen-bond donors (Lipinski definition) is 0. The number of unbranched alkanes of at least 4 members (excludes halogenated alkanes) is 2. The summed E-state index contributed by atoms with van der Waals surface area (Å²) in [6, 6.07) is 0. The first-order chi connectivity index (χ1) is 7.81. The summed E-state index contributed by atoms with van der Waals surface area (Å²) in [5, 5.41) is 0. The highest BCUT2D eigenvalue weighted by Crippen LogP contribution is 2.15. The fourth-order valence-electron chi connectivity index (χ4n) is 0.456. The van der Waals surface area contributed by atoms with E-state index in [1.54, 1.807) is 5.57 Å². The molecular weight excluding hydrogens is 192 g/mol. The van der Waals surface area contributed by atoms with E-state index in [9.17, 15) is 0 Å². The minimum absolute atomic E-state index is 1.28. The Balaban J connectivity index is -0.000000139. The molecule has 0 spiro atoms. The van der Waals surface area contributed by atoms with Crippen LogP contribution in [0.3, 0.4) is 0 Å². The van der Waals surface area contributed by atoms with E-state index < -0.39 is 0 Å². The van der Waals surface area contributed by atoms with Gasteiger partial charge in [0.05, 0.1) is 0 Å². The molecule has 2 aliphatic carbocycles. The van der Waals surface area contributed by atoms with Crippen LogP contribution in [-0.2, 0) is 0 Å². The average molecular weight is 228 g/mol. The van der Waals surface area contributed by atoms with Crippen LogP contribution >= 0.6 is 0 Å². The Kier molecular flexibility index (Phi) is 31.8. The van der Waals surface area contributed by atoms with Gasteiger partial charge in [-0.15, -0.1) is 0 Å². The van der Waals surface area contributed by atoms with E-state index in [0.717, 1.165) is 0 Å². The highest BCUT2D eigenvalue weighted by molar-refractivity contribution is 5.17. The smallest absolute Gasteiger partial charge is 0.0139 e. The van der Waals surface area contributed by atoms with Crippen molar-refractivity contribution in [3.05, 3.63) is 11.6 Å². The van der Waals surface area contributed by atoms with Gasteiger partial charge in [0.15, 0.2) is 0 Å². The largest absolute Gasteiger partial charge is 0.0812 e. The molecule has 100 valence electrons. The molecule has 2 aliphatic rings. The van der Waals surface area contributed by atoms with Crippen LogP contribution in [0.2, 0.25) is 0 Å². The molecule has 0 saturated heterocycles. The molecule has 1 saturated carbocycles. The summed E-state index contributed by atoms with van der Waals surface area (Å²) in [5.74, 6) is 0. The summed E-state index contributed by atoms with van der Waals surface area (Å²) in [6.07, 6.45) is 12.1. The maximum absolute atomic E-state index is 2.21. The third-order valence-corrected chi connectivity index (χ3v) is 1.67. The Hall–Kier alpha value is -0.260. The minimum atomic E-state index is 1.28. The Morgan fingerprint density at radius 2 is 1.12 bits per heavy atom. The third kappa shape index (κ3) is 67.7. The van der Waals surface area contributed by atoms with Gasteiger partial charge in [-0.1, -0.05) is 91.7 Å². The van der Waals surface area contributed by atoms with Gasteiger partial charge in [0.1, 0.15) is 0 Å². The number of rotatable bonds is 2. The molecule has 0 N–H and O–H groups in total. The van der Waals surface area contributed by atoms with E-state index >= 15 is 0 Å². The molecule has 16 heavy (non-hydrogen) atoms. The van der Waals surface area contributed by atoms with Crippen molar-refractivity contribution in [3.63, 3.8) is 0 Å². The summed E-state index contributed by atoms with van der Waals surface area (Å²) < 4.78 is 0. The first-order valence-electron chi connectivity index (χ1n) is 7.46. The molecule has 0 amide bonds. The monoisotopic (exact) mass is 228 g/mol. The van der Waals surface area contributed by atoms with E-state index in [-0.39, 0.29) is 0 Å². The van der Waals surface area contributed by atoms with Gasteiger partial charge in [-0.05, 0) is 13.3 Å². The predicted molar refractivity (Wildman–Crippen MR) is 80.1 cm³/mol. The van der Waals surface area contributed by atoms with Gasteiger partial charge in [0, 0.05) is 0 Å². The van der Waals surface area contributed by atoms with Crippen molar-refractivity contribution >= 4 is 0 Å². The van der Waals surface area contributed by atoms with Gasteiger partial charge >= 0.3 is 0 Å². The molecule has 0 aromatic carbocycles. The maximum Gasteiger partial charge on any atom is -0.0139 e. The SMILES string of the molecule is C1CC1.CC.CC.CC1=CC1.CCCCC. The van der Waals surface area contributed by atoms with Gasteiger partial charge in [-0.25, -0.2) is 0 Å². The number of allylic oxidation sites excluding steroid dienone is 2. The lowest BCUT2D eigenvalue weighted by Crippen LogP contribution is -1.59. The Bertz CT molecular complexity index is 104. The molecule has 0 atom stereocenters. The van der Waals surface area contributed by atoms with Crippen LogP contribution in [0.15, 0.2) is 11.6 Å². The molecule has 0 unspecified atom stereocenters. The zero-order chi connectivity index (χ0) is 13.2. The Morgan fingerprint density at radius 1 is 0.875 bits per heavy atom. The molecule has 1 fully saturated rings. The van der Waals surface area contributed by atoms with E-state index in [0.29, 0.717) is 0 Å². The molecule has 0 aromatic rings. The van der Waals surface area contributed by atoms with E-state index in [2.05, 4.69) is 26.8 Å². The summed E-state index contributed by atoms with van der Waals surface area (Å²) in [7, 11) is 0. The topological polar surface area (TPSA) is 0 Å². The van der Waals surface area contributed by atoms with Crippen molar-refractivity contribution in [1.29, 1.82) is 0 Å². The summed E-state index contributed by atoms with van der Waals surface area (Å²) in [4.78, 5) is 0. The van der Waals surface area contributed by atoms with E-state index in [1.807, 2.05) is 27.7 Å². The van der Waals surface area contributed by atoms with Gasteiger partial charge in [-0.3, -0.25) is 0 Å². The number of hydrogen-bond acceptors (Lipinski definition) is 0. The van der Waals surface area contributed by atoms with Crippen LogP contribution in [0.5, 0.6) is 0 Å². The van der Waals surface area contributed by atoms with Crippen LogP contribution in [0.25, 0.3) is 0 Å². The van der Waals surface area contributed by atoms with Gasteiger partial charge in [-0.2, -0.15) is 0 Å². The summed E-state index contributed by atoms with van der Waals surface area (Å²) in [6.45, 7) is 14.6. The first-order valence-corrected chi connectivity index (χ1v) is 7.46. The van der Waals surface area contributed by atoms with Crippen LogP contribution < -0.4 is 0 Å². The first kappa shape index (κ1) is 21.1. The highest BCUT2D eigenvalue weighted by atomic mass is 14.0. The second-order valence-electron chi connectivity index (χ2n) is 3.67. The van der Waals surface area contributed by atoms with Crippen LogP contribution in [-0.4, -0.2) is 0 Å². The van der Waals surface area contributed by atoms with E-state index in [4.69, 9.17) is 0 Å². The maximum atomic E-state index is 2.21. The summed E-state index contributed by atoms with van der Waals surface area (Å²) >= 11 is 0. The zero-order valence-electron chi connectivity index (χ0n) is 13.0. The fourth-order valence-corrected chi connectivity index (χ4v) is 0.456. The van der Waals surface area contributed by atoms with Crippen molar-refractivity contribution in [3.8, 4) is 0 Å². The molecule has 0 bridgehead atoms. The molecule has 0 heterocycles. The molecule has 0 aliphatic heterocycles. The Labute approximate surface area is 106 Å². The minimum Gasteiger partial charge on any atom is -0.0812 e. The zero-order valence-corrected chi connectivity index (χ0v) is 13.0. The molecule has 2 rings (SSSR count). The van der Waals surface area contributed by atoms with E-state index in [1.165, 1.54) is 44.9 Å². The van der Waals surface area contributed by atoms with Crippen molar-refractivity contribution in [1.82, 2.24) is 0 Å². The molecule has 0 aromatic heterocycles. The van der Waals surface area contributed by atoms with Crippen LogP contribution in [0.4, 0.5) is 0 Å². The van der Waals surface area contributed by atoms with Gasteiger partial charge in [0.25, 0.3) is 0 Å². The van der Waals surface area contributed by atoms with Crippen molar-refractivity contribution in [2.45, 2.75) is 93.4 Å². The van der Waals surface area contributed by atoms with Crippen LogP contribution in [0.1, 0.15) is 93.4 Å². The highest BCUT2D eigenvalue weighted by Gasteiger charge is 1.95. The molecule has 0 radical (unpaired) electrons. The van der Waals surface area contributed by atoms with Gasteiger partial charge in [0.2, 0.25) is 0 Å². The molecule has 0 heteroatoms. The van der Waals surface area contributed by atoms with Crippen molar-refractivity contribution in [2.75, 3.05) is 0 Å². The lowest BCUT2D eigenvalue weighted by molar-refractivity contribution is 0.772. The van der Waals surface area contributed by atoms with Crippen molar-refractivity contribution < 1.29 is 0 Å². The molecule has 0 nitrogen and oxygen atoms in total. The predicted octanol–water partition coefficient (Wildman–Crippen LogP) is 6.76. The fraction of sp³-hybridized carbons (Fsp3) is 0.875. The summed E-state index contributed by atoms with van der Waals surface area (Å²) in [5.41, 5.74) is 1.54. The quantitative estimate of drug-likeness (QED) is 0.458. The van der Waals surface area contributed by atoms with Crippen molar-refractivity contribution in [2.24, 2.45) is 0 Å². The third-order valence-electron chi connectivity index (χ3n) is 1.67. The second-order valence-corrected chi connectivity index (χ2v) is 3.67. The lowest BCUT2D eigenvalue weighted by Gasteiger charge is -1.79. The Morgan fingerprint density at radius 3 is 1.12 bits per heavy atom.